The van der Waals surface area contributed by atoms with Gasteiger partial charge in [0.2, 0.25) is 5.82 Å². The molecule has 3 N–H and O–H groups in total. The lowest BCUT2D eigenvalue weighted by molar-refractivity contribution is 0.0989. The maximum Gasteiger partial charge on any atom is 0.287 e. The van der Waals surface area contributed by atoms with Crippen LogP contribution in [0.3, 0.4) is 0 Å². The number of carbonyl (C=O) groups is 1. The van der Waals surface area contributed by atoms with E-state index in [1.165, 1.54) is 10.9 Å². The summed E-state index contributed by atoms with van der Waals surface area (Å²) in [6.07, 6.45) is 10.3. The summed E-state index contributed by atoms with van der Waals surface area (Å²) in [7, 11) is 0. The first-order chi connectivity index (χ1) is 7.29. The lowest BCUT2D eigenvalue weighted by Gasteiger charge is -2.03. The number of hydrogen-bond acceptors (Lipinski definition) is 4. The number of allylic oxidation sites excluding steroid dienone is 4. The molecule has 0 saturated heterocycles. The van der Waals surface area contributed by atoms with Crippen LogP contribution in [-0.2, 0) is 0 Å². The Labute approximate surface area is 85.8 Å². The molecule has 0 saturated carbocycles. The minimum absolute atomic E-state index is 0.112. The average molecular weight is 203 g/mol. The minimum Gasteiger partial charge on any atom is -0.368 e. The van der Waals surface area contributed by atoms with E-state index in [0.717, 1.165) is 5.70 Å². The van der Waals surface area contributed by atoms with Gasteiger partial charge in [-0.05, 0) is 18.2 Å². The molecule has 0 radical (unpaired) electrons. The van der Waals surface area contributed by atoms with Crippen molar-refractivity contribution in [2.24, 2.45) is 5.73 Å². The molecule has 0 unspecified atom stereocenters. The van der Waals surface area contributed by atoms with Gasteiger partial charge in [-0.25, -0.2) is 0 Å². The summed E-state index contributed by atoms with van der Waals surface area (Å²) in [6, 6.07) is 0. The van der Waals surface area contributed by atoms with E-state index < -0.39 is 5.91 Å². The largest absolute Gasteiger partial charge is 0.368 e. The fraction of sp³-hybridized carbons (Fsp3) is 0. The second-order valence-electron chi connectivity index (χ2n) is 2.84. The van der Waals surface area contributed by atoms with E-state index in [-0.39, 0.29) is 5.82 Å². The van der Waals surface area contributed by atoms with Gasteiger partial charge in [-0.3, -0.25) is 9.36 Å². The van der Waals surface area contributed by atoms with Crippen LogP contribution < -0.4 is 11.1 Å². The highest BCUT2D eigenvalue weighted by molar-refractivity contribution is 5.90. The molecule has 0 atom stereocenters. The predicted octanol–water partition coefficient (Wildman–Crippen LogP) is -0.152. The predicted molar refractivity (Wildman–Crippen MR) is 54.2 cm³/mol. The Kier molecular flexibility index (Phi) is 2.32. The third-order valence-electron chi connectivity index (χ3n) is 1.86. The maximum atomic E-state index is 11.0. The number of aromatic nitrogens is 3. The molecular weight excluding hydrogens is 194 g/mol. The molecular formula is C9H9N5O. The molecule has 0 bridgehead atoms. The van der Waals surface area contributed by atoms with Crippen molar-refractivity contribution in [2.75, 3.05) is 0 Å². The van der Waals surface area contributed by atoms with Crippen LogP contribution in [0.15, 0.2) is 37.0 Å². The van der Waals surface area contributed by atoms with Crippen LogP contribution in [-0.4, -0.2) is 20.7 Å². The standard InChI is InChI=1S/C9H9N5O/c10-8(15)9-13-12-6-14(9)7-2-1-4-11-5-3-7/h1-6,11H,(H2,10,15). The minimum atomic E-state index is -0.608. The summed E-state index contributed by atoms with van der Waals surface area (Å²) in [5, 5.41) is 10.2. The molecule has 1 aromatic rings. The van der Waals surface area contributed by atoms with Crippen LogP contribution in [0.2, 0.25) is 0 Å². The van der Waals surface area contributed by atoms with Crippen LogP contribution >= 0.6 is 0 Å². The molecule has 0 fully saturated rings. The monoisotopic (exact) mass is 203 g/mol. The summed E-state index contributed by atoms with van der Waals surface area (Å²) in [4.78, 5) is 11.0. The van der Waals surface area contributed by atoms with E-state index in [4.69, 9.17) is 5.73 Å². The van der Waals surface area contributed by atoms with Gasteiger partial charge in [0, 0.05) is 12.4 Å². The van der Waals surface area contributed by atoms with Crippen molar-refractivity contribution >= 4 is 11.6 Å². The summed E-state index contributed by atoms with van der Waals surface area (Å²) < 4.78 is 1.52. The first-order valence-corrected chi connectivity index (χ1v) is 4.28. The van der Waals surface area contributed by atoms with Gasteiger partial charge >= 0.3 is 0 Å². The van der Waals surface area contributed by atoms with E-state index in [2.05, 4.69) is 15.5 Å². The first kappa shape index (κ1) is 9.20. The fourth-order valence-electron chi connectivity index (χ4n) is 1.20. The molecule has 0 aliphatic carbocycles. The van der Waals surface area contributed by atoms with Gasteiger partial charge in [0.25, 0.3) is 5.91 Å². The highest BCUT2D eigenvalue weighted by Crippen LogP contribution is 2.09. The molecule has 1 amide bonds. The Morgan fingerprint density at radius 3 is 3.13 bits per heavy atom. The molecule has 6 heteroatoms. The number of nitrogens with zero attached hydrogens (tertiary/aromatic N) is 3. The van der Waals surface area contributed by atoms with E-state index in [0.29, 0.717) is 0 Å². The van der Waals surface area contributed by atoms with E-state index in [9.17, 15) is 4.79 Å². The summed E-state index contributed by atoms with van der Waals surface area (Å²) in [5.74, 6) is -0.496. The molecule has 15 heavy (non-hydrogen) atoms. The van der Waals surface area contributed by atoms with Crippen molar-refractivity contribution < 1.29 is 4.79 Å². The van der Waals surface area contributed by atoms with Gasteiger partial charge in [0.15, 0.2) is 0 Å². The van der Waals surface area contributed by atoms with Crippen LogP contribution in [0.4, 0.5) is 0 Å². The molecule has 2 heterocycles. The quantitative estimate of drug-likeness (QED) is 0.699. The Hall–Kier alpha value is -2.37. The number of amides is 1. The highest BCUT2D eigenvalue weighted by Gasteiger charge is 2.11. The molecule has 1 aliphatic heterocycles. The molecule has 1 aromatic heterocycles. The summed E-state index contributed by atoms with van der Waals surface area (Å²) in [6.45, 7) is 0. The van der Waals surface area contributed by atoms with Gasteiger partial charge in [-0.15, -0.1) is 10.2 Å². The highest BCUT2D eigenvalue weighted by atomic mass is 16.1. The van der Waals surface area contributed by atoms with Crippen LogP contribution in [0.1, 0.15) is 10.6 Å². The molecule has 1 aliphatic rings. The number of nitrogens with two attached hydrogens (primary N) is 1. The topological polar surface area (TPSA) is 85.8 Å². The maximum absolute atomic E-state index is 11.0. The number of primary amides is 1. The van der Waals surface area contributed by atoms with Gasteiger partial charge in [0.05, 0.1) is 5.70 Å². The molecule has 0 aromatic carbocycles. The summed E-state index contributed by atoms with van der Waals surface area (Å²) >= 11 is 0. The third-order valence-corrected chi connectivity index (χ3v) is 1.86. The van der Waals surface area contributed by atoms with E-state index in [1.807, 2.05) is 6.08 Å². The van der Waals surface area contributed by atoms with Crippen molar-refractivity contribution in [2.45, 2.75) is 0 Å². The van der Waals surface area contributed by atoms with Gasteiger partial charge < -0.3 is 11.1 Å². The SMILES string of the molecule is NC(=O)c1nncn1C1=CC=CNC=C1. The molecule has 6 nitrogen and oxygen atoms in total. The fourth-order valence-corrected chi connectivity index (χ4v) is 1.20. The number of hydrogen-bond donors (Lipinski definition) is 2. The van der Waals surface area contributed by atoms with Crippen molar-refractivity contribution in [1.29, 1.82) is 0 Å². The molecule has 0 spiro atoms. The van der Waals surface area contributed by atoms with Gasteiger partial charge in [-0.2, -0.15) is 0 Å². The second-order valence-corrected chi connectivity index (χ2v) is 2.84. The lowest BCUT2D eigenvalue weighted by atomic mass is 10.3. The van der Waals surface area contributed by atoms with Crippen molar-refractivity contribution in [1.82, 2.24) is 20.1 Å². The van der Waals surface area contributed by atoms with Gasteiger partial charge in [0.1, 0.15) is 6.33 Å². The Bertz CT molecular complexity index is 469. The Morgan fingerprint density at radius 1 is 1.47 bits per heavy atom. The van der Waals surface area contributed by atoms with Crippen LogP contribution in [0.5, 0.6) is 0 Å². The van der Waals surface area contributed by atoms with Gasteiger partial charge in [-0.1, -0.05) is 0 Å². The normalized spacial score (nSPS) is 14.3. The zero-order valence-corrected chi connectivity index (χ0v) is 7.79. The second kappa shape index (κ2) is 3.79. The molecule has 2 rings (SSSR count). The van der Waals surface area contributed by atoms with Crippen LogP contribution in [0.25, 0.3) is 5.70 Å². The number of carbonyl (C=O) groups excluding carboxylic acids is 1. The van der Waals surface area contributed by atoms with Crippen molar-refractivity contribution in [3.8, 4) is 0 Å². The smallest absolute Gasteiger partial charge is 0.287 e. The zero-order valence-electron chi connectivity index (χ0n) is 7.79. The Morgan fingerprint density at radius 2 is 2.33 bits per heavy atom. The van der Waals surface area contributed by atoms with Crippen molar-refractivity contribution in [3.63, 3.8) is 0 Å². The van der Waals surface area contributed by atoms with E-state index in [1.54, 1.807) is 24.6 Å². The van der Waals surface area contributed by atoms with Crippen LogP contribution in [0, 0.1) is 0 Å². The third kappa shape index (κ3) is 1.78. The van der Waals surface area contributed by atoms with Crippen molar-refractivity contribution in [3.05, 3.63) is 42.8 Å². The average Bonchev–Trinajstić information content (AvgIpc) is 2.55. The number of nitrogens with one attached hydrogen (secondary N) is 1. The van der Waals surface area contributed by atoms with E-state index >= 15 is 0 Å². The zero-order chi connectivity index (χ0) is 10.7. The lowest BCUT2D eigenvalue weighted by Crippen LogP contribution is -2.17. The summed E-state index contributed by atoms with van der Waals surface area (Å²) in [5.41, 5.74) is 5.92. The Balaban J connectivity index is 2.44. The number of rotatable bonds is 2. The first-order valence-electron chi connectivity index (χ1n) is 4.28. The molecule has 76 valence electrons.